The topological polar surface area (TPSA) is 29.5 Å². The third kappa shape index (κ3) is 4.09. The monoisotopic (exact) mass is 383 g/mol. The highest BCUT2D eigenvalue weighted by Gasteiger charge is 2.20. The van der Waals surface area contributed by atoms with Crippen molar-refractivity contribution in [3.05, 3.63) is 100 Å². The Bertz CT molecular complexity index is 1030. The van der Waals surface area contributed by atoms with Crippen LogP contribution in [0.2, 0.25) is 0 Å². The van der Waals surface area contributed by atoms with Crippen LogP contribution in [0.25, 0.3) is 6.08 Å². The van der Waals surface area contributed by atoms with E-state index in [9.17, 15) is 4.79 Å². The molecule has 0 radical (unpaired) electrons. The Morgan fingerprint density at radius 1 is 0.897 bits per heavy atom. The Hall–Kier alpha value is -3.33. The van der Waals surface area contributed by atoms with Crippen molar-refractivity contribution in [2.75, 3.05) is 12.0 Å². The minimum atomic E-state index is 0.00308. The molecule has 0 spiro atoms. The fourth-order valence-electron chi connectivity index (χ4n) is 3.70. The number of allylic oxidation sites excluding steroid dienone is 1. The molecular formula is C26H25NO2. The minimum Gasteiger partial charge on any atom is -0.497 e. The number of hydrogen-bond donors (Lipinski definition) is 0. The molecule has 0 amide bonds. The molecule has 29 heavy (non-hydrogen) atoms. The third-order valence-electron chi connectivity index (χ3n) is 5.60. The Morgan fingerprint density at radius 3 is 2.03 bits per heavy atom. The smallest absolute Gasteiger partial charge is 0.185 e. The summed E-state index contributed by atoms with van der Waals surface area (Å²) in [6.07, 6.45) is 3.45. The second-order valence-electron chi connectivity index (χ2n) is 7.58. The van der Waals surface area contributed by atoms with Crippen molar-refractivity contribution >= 4 is 17.5 Å². The van der Waals surface area contributed by atoms with Crippen LogP contribution in [0, 0.1) is 13.8 Å². The maximum absolute atomic E-state index is 12.5. The molecule has 0 fully saturated rings. The van der Waals surface area contributed by atoms with E-state index >= 15 is 0 Å². The predicted molar refractivity (Wildman–Crippen MR) is 119 cm³/mol. The lowest BCUT2D eigenvalue weighted by Gasteiger charge is -2.17. The summed E-state index contributed by atoms with van der Waals surface area (Å²) >= 11 is 0. The van der Waals surface area contributed by atoms with Crippen LogP contribution in [-0.2, 0) is 13.1 Å². The number of carbonyl (C=O) groups is 1. The molecule has 1 aliphatic rings. The van der Waals surface area contributed by atoms with Crippen molar-refractivity contribution in [3.63, 3.8) is 0 Å². The summed E-state index contributed by atoms with van der Waals surface area (Å²) in [7, 11) is 1.64. The Kier molecular flexibility index (Phi) is 5.22. The summed E-state index contributed by atoms with van der Waals surface area (Å²) in [6, 6.07) is 20.1. The Morgan fingerprint density at radius 2 is 1.48 bits per heavy atom. The van der Waals surface area contributed by atoms with E-state index in [-0.39, 0.29) is 5.78 Å². The number of nitrogens with zero attached hydrogens (tertiary/aromatic N) is 1. The molecule has 1 heterocycles. The van der Waals surface area contributed by atoms with E-state index in [0.717, 1.165) is 30.1 Å². The van der Waals surface area contributed by atoms with Gasteiger partial charge >= 0.3 is 0 Å². The fraction of sp³-hybridized carbons (Fsp3) is 0.192. The van der Waals surface area contributed by atoms with Crippen LogP contribution in [0.1, 0.15) is 38.2 Å². The molecule has 0 aromatic heterocycles. The SMILES string of the molecule is COc1ccc(/C=C/C(=O)c2ccc(N3Cc4cc(C)c(C)cc4C3)cc2)cc1. The van der Waals surface area contributed by atoms with Gasteiger partial charge in [-0.05, 0) is 84.1 Å². The number of hydrogen-bond acceptors (Lipinski definition) is 3. The van der Waals surface area contributed by atoms with E-state index in [4.69, 9.17) is 4.74 Å². The quantitative estimate of drug-likeness (QED) is 0.416. The van der Waals surface area contributed by atoms with E-state index in [1.807, 2.05) is 54.6 Å². The zero-order valence-electron chi connectivity index (χ0n) is 17.1. The lowest BCUT2D eigenvalue weighted by atomic mass is 10.0. The molecule has 3 aromatic carbocycles. The van der Waals surface area contributed by atoms with Gasteiger partial charge < -0.3 is 9.64 Å². The summed E-state index contributed by atoms with van der Waals surface area (Å²) < 4.78 is 5.15. The van der Waals surface area contributed by atoms with Crippen molar-refractivity contribution in [1.29, 1.82) is 0 Å². The summed E-state index contributed by atoms with van der Waals surface area (Å²) in [5.41, 5.74) is 8.29. The molecule has 0 saturated heterocycles. The number of carbonyl (C=O) groups excluding carboxylic acids is 1. The Labute approximate surface area is 172 Å². The number of benzene rings is 3. The number of aryl methyl sites for hydroxylation is 2. The second kappa shape index (κ2) is 7.96. The minimum absolute atomic E-state index is 0.00308. The van der Waals surface area contributed by atoms with Gasteiger partial charge in [0.1, 0.15) is 5.75 Å². The van der Waals surface area contributed by atoms with E-state index in [0.29, 0.717) is 5.56 Å². The highest BCUT2D eigenvalue weighted by Crippen LogP contribution is 2.30. The van der Waals surface area contributed by atoms with Crippen molar-refractivity contribution in [2.24, 2.45) is 0 Å². The molecule has 3 heteroatoms. The number of methoxy groups -OCH3 is 1. The van der Waals surface area contributed by atoms with Crippen LogP contribution in [0.5, 0.6) is 5.75 Å². The van der Waals surface area contributed by atoms with Crippen LogP contribution in [0.15, 0.2) is 66.7 Å². The predicted octanol–water partition coefficient (Wildman–Crippen LogP) is 5.73. The van der Waals surface area contributed by atoms with Crippen LogP contribution >= 0.6 is 0 Å². The van der Waals surface area contributed by atoms with Gasteiger partial charge in [0.05, 0.1) is 7.11 Å². The normalized spacial score (nSPS) is 13.0. The van der Waals surface area contributed by atoms with Gasteiger partial charge in [-0.15, -0.1) is 0 Å². The molecule has 4 rings (SSSR count). The lowest BCUT2D eigenvalue weighted by molar-refractivity contribution is 0.104. The standard InChI is InChI=1S/C26H25NO2/c1-18-14-22-16-27(17-23(22)15-19(18)2)24-9-7-21(8-10-24)26(28)13-6-20-4-11-25(29-3)12-5-20/h4-15H,16-17H2,1-3H3/b13-6+. The van der Waals surface area contributed by atoms with Crippen LogP contribution in [0.3, 0.4) is 0 Å². The lowest BCUT2D eigenvalue weighted by Crippen LogP contribution is -2.14. The Balaban J connectivity index is 1.43. The molecule has 0 aliphatic carbocycles. The highest BCUT2D eigenvalue weighted by molar-refractivity contribution is 6.07. The van der Waals surface area contributed by atoms with Gasteiger partial charge in [0.15, 0.2) is 5.78 Å². The van der Waals surface area contributed by atoms with E-state index in [2.05, 4.69) is 30.9 Å². The van der Waals surface area contributed by atoms with E-state index < -0.39 is 0 Å². The van der Waals surface area contributed by atoms with Gasteiger partial charge in [0.2, 0.25) is 0 Å². The van der Waals surface area contributed by atoms with Crippen LogP contribution in [0.4, 0.5) is 5.69 Å². The summed E-state index contributed by atoms with van der Waals surface area (Å²) in [4.78, 5) is 14.9. The summed E-state index contributed by atoms with van der Waals surface area (Å²) in [5, 5.41) is 0. The first-order chi connectivity index (χ1) is 14.0. The zero-order valence-corrected chi connectivity index (χ0v) is 17.1. The number of anilines is 1. The highest BCUT2D eigenvalue weighted by atomic mass is 16.5. The number of ketones is 1. The molecule has 0 unspecified atom stereocenters. The van der Waals surface area contributed by atoms with E-state index in [1.165, 1.54) is 22.3 Å². The van der Waals surface area contributed by atoms with Crippen LogP contribution in [-0.4, -0.2) is 12.9 Å². The first kappa shape index (κ1) is 19.0. The summed E-state index contributed by atoms with van der Waals surface area (Å²) in [5.74, 6) is 0.807. The van der Waals surface area contributed by atoms with Gasteiger partial charge in [-0.25, -0.2) is 0 Å². The average molecular weight is 383 g/mol. The number of ether oxygens (including phenoxy) is 1. The largest absolute Gasteiger partial charge is 0.497 e. The van der Waals surface area contributed by atoms with Crippen molar-refractivity contribution in [2.45, 2.75) is 26.9 Å². The molecule has 3 aromatic rings. The molecule has 0 bridgehead atoms. The summed E-state index contributed by atoms with van der Waals surface area (Å²) in [6.45, 7) is 6.17. The van der Waals surface area contributed by atoms with Gasteiger partial charge in [-0.1, -0.05) is 30.3 Å². The second-order valence-corrected chi connectivity index (χ2v) is 7.58. The van der Waals surface area contributed by atoms with Crippen molar-refractivity contribution < 1.29 is 9.53 Å². The first-order valence-corrected chi connectivity index (χ1v) is 9.84. The van der Waals surface area contributed by atoms with Gasteiger partial charge in [0.25, 0.3) is 0 Å². The maximum Gasteiger partial charge on any atom is 0.185 e. The van der Waals surface area contributed by atoms with Crippen molar-refractivity contribution in [3.8, 4) is 5.75 Å². The molecule has 0 N–H and O–H groups in total. The third-order valence-corrected chi connectivity index (χ3v) is 5.60. The molecule has 0 atom stereocenters. The zero-order chi connectivity index (χ0) is 20.4. The molecule has 1 aliphatic heterocycles. The maximum atomic E-state index is 12.5. The van der Waals surface area contributed by atoms with Crippen LogP contribution < -0.4 is 9.64 Å². The number of fused-ring (bicyclic) bond motifs is 1. The van der Waals surface area contributed by atoms with E-state index in [1.54, 1.807) is 13.2 Å². The molecular weight excluding hydrogens is 358 g/mol. The molecule has 0 saturated carbocycles. The van der Waals surface area contributed by atoms with Gasteiger partial charge in [-0.3, -0.25) is 4.79 Å². The van der Waals surface area contributed by atoms with Gasteiger partial charge in [-0.2, -0.15) is 0 Å². The fourth-order valence-corrected chi connectivity index (χ4v) is 3.70. The van der Waals surface area contributed by atoms with Crippen molar-refractivity contribution in [1.82, 2.24) is 0 Å². The average Bonchev–Trinajstić information content (AvgIpc) is 3.15. The first-order valence-electron chi connectivity index (χ1n) is 9.84. The molecule has 146 valence electrons. The number of rotatable bonds is 5. The molecule has 3 nitrogen and oxygen atoms in total. The van der Waals surface area contributed by atoms with Gasteiger partial charge in [0, 0.05) is 24.3 Å².